The third-order valence-electron chi connectivity index (χ3n) is 7.06. The Balaban J connectivity index is 1.29. The van der Waals surface area contributed by atoms with Gasteiger partial charge >= 0.3 is 0 Å². The smallest absolute Gasteiger partial charge is 0.234 e. The molecule has 1 amide bonds. The highest BCUT2D eigenvalue weighted by atomic mass is 16.5. The maximum absolute atomic E-state index is 13.1. The fourth-order valence-corrected chi connectivity index (χ4v) is 5.02. The minimum absolute atomic E-state index is 0.00118. The number of para-hydroxylation sites is 2. The molecule has 0 radical (unpaired) electrons. The van der Waals surface area contributed by atoms with Crippen LogP contribution in [-0.4, -0.2) is 41.6 Å². The van der Waals surface area contributed by atoms with Crippen LogP contribution in [-0.2, 0) is 24.3 Å². The quantitative estimate of drug-likeness (QED) is 0.494. The predicted molar refractivity (Wildman–Crippen MR) is 147 cm³/mol. The van der Waals surface area contributed by atoms with Crippen LogP contribution in [0.4, 0.5) is 0 Å². The number of pyridine rings is 1. The monoisotopic (exact) mass is 515 g/mol. The van der Waals surface area contributed by atoms with Crippen LogP contribution in [0.25, 0.3) is 0 Å². The first-order valence-corrected chi connectivity index (χ1v) is 13.5. The molecule has 2 aromatic carbocycles. The van der Waals surface area contributed by atoms with Crippen molar-refractivity contribution in [3.63, 3.8) is 0 Å². The number of aromatic nitrogens is 1. The number of hydrogen-bond donors (Lipinski definition) is 1. The van der Waals surface area contributed by atoms with Crippen molar-refractivity contribution >= 4 is 5.91 Å². The van der Waals surface area contributed by atoms with Crippen molar-refractivity contribution in [3.05, 3.63) is 77.5 Å². The number of ether oxygens (including phenoxy) is 3. The zero-order valence-corrected chi connectivity index (χ0v) is 22.5. The Hall–Kier alpha value is -3.58. The molecule has 7 heteroatoms. The van der Waals surface area contributed by atoms with Crippen molar-refractivity contribution in [2.75, 3.05) is 19.7 Å². The standard InChI is InChI=1S/C31H37N3O4/c1-22-16-25-17-23(11-12-26(25)37-22)18-33-29(35)20-34-15-7-13-31(2,3)21-36-27-9-4-5-10-28(27)38-30-24(19-34)8-6-14-32-30/h4-6,8-12,14,17,22H,7,13,15-16,18-21H2,1-3H3,(H,33,35). The second-order valence-electron chi connectivity index (χ2n) is 11.1. The lowest BCUT2D eigenvalue weighted by Gasteiger charge is -2.27. The Morgan fingerprint density at radius 1 is 1.08 bits per heavy atom. The molecule has 0 bridgehead atoms. The number of hydrogen-bond acceptors (Lipinski definition) is 6. The van der Waals surface area contributed by atoms with Crippen LogP contribution in [0.3, 0.4) is 0 Å². The SMILES string of the molecule is CC1Cc2cc(CNC(=O)CN3CCCC(C)(C)COc4ccccc4Oc4ncccc4C3)ccc2O1. The Labute approximate surface area is 225 Å². The van der Waals surface area contributed by atoms with E-state index >= 15 is 0 Å². The molecule has 3 heterocycles. The number of fused-ring (bicyclic) bond motifs is 3. The maximum Gasteiger partial charge on any atom is 0.234 e. The van der Waals surface area contributed by atoms with Crippen molar-refractivity contribution in [3.8, 4) is 23.1 Å². The molecule has 1 unspecified atom stereocenters. The van der Waals surface area contributed by atoms with E-state index in [0.717, 1.165) is 42.7 Å². The minimum Gasteiger partial charge on any atom is -0.490 e. The molecule has 0 aliphatic carbocycles. The topological polar surface area (TPSA) is 72.9 Å². The molecule has 0 fully saturated rings. The third-order valence-corrected chi connectivity index (χ3v) is 7.06. The summed E-state index contributed by atoms with van der Waals surface area (Å²) >= 11 is 0. The zero-order valence-electron chi connectivity index (χ0n) is 22.5. The molecule has 1 aromatic heterocycles. The van der Waals surface area contributed by atoms with Crippen molar-refractivity contribution in [1.29, 1.82) is 0 Å². The van der Waals surface area contributed by atoms with E-state index in [1.807, 2.05) is 48.5 Å². The Kier molecular flexibility index (Phi) is 7.84. The average Bonchev–Trinajstić information content (AvgIpc) is 3.27. The predicted octanol–water partition coefficient (Wildman–Crippen LogP) is 5.51. The van der Waals surface area contributed by atoms with Gasteiger partial charge in [0, 0.05) is 31.3 Å². The number of nitrogens with zero attached hydrogens (tertiary/aromatic N) is 2. The number of carbonyl (C=O) groups excluding carboxylic acids is 1. The second kappa shape index (κ2) is 11.4. The van der Waals surface area contributed by atoms with E-state index in [1.54, 1.807) is 6.20 Å². The molecular weight excluding hydrogens is 478 g/mol. The van der Waals surface area contributed by atoms with Gasteiger partial charge in [-0.3, -0.25) is 9.69 Å². The van der Waals surface area contributed by atoms with Gasteiger partial charge in [-0.2, -0.15) is 0 Å². The van der Waals surface area contributed by atoms with Crippen LogP contribution in [0.2, 0.25) is 0 Å². The minimum atomic E-state index is -0.0189. The van der Waals surface area contributed by atoms with Gasteiger partial charge in [0.15, 0.2) is 11.5 Å². The molecule has 0 spiro atoms. The van der Waals surface area contributed by atoms with Crippen molar-refractivity contribution in [1.82, 2.24) is 15.2 Å². The van der Waals surface area contributed by atoms with Crippen LogP contribution in [0.5, 0.6) is 23.1 Å². The first kappa shape index (κ1) is 26.0. The van der Waals surface area contributed by atoms with E-state index in [-0.39, 0.29) is 17.4 Å². The number of amides is 1. The van der Waals surface area contributed by atoms with E-state index in [0.29, 0.717) is 43.6 Å². The molecule has 1 N–H and O–H groups in total. The summed E-state index contributed by atoms with van der Waals surface area (Å²) < 4.78 is 18.2. The molecule has 38 heavy (non-hydrogen) atoms. The van der Waals surface area contributed by atoms with Gasteiger partial charge in [-0.1, -0.05) is 44.2 Å². The summed E-state index contributed by atoms with van der Waals surface area (Å²) in [6.45, 7) is 9.22. The van der Waals surface area contributed by atoms with Crippen molar-refractivity contribution < 1.29 is 19.0 Å². The molecule has 3 aromatic rings. The Morgan fingerprint density at radius 2 is 1.92 bits per heavy atom. The van der Waals surface area contributed by atoms with E-state index in [9.17, 15) is 4.79 Å². The molecule has 2 aliphatic heterocycles. The van der Waals surface area contributed by atoms with Crippen molar-refractivity contribution in [2.45, 2.75) is 59.2 Å². The highest BCUT2D eigenvalue weighted by molar-refractivity contribution is 5.78. The van der Waals surface area contributed by atoms with Crippen LogP contribution < -0.4 is 19.5 Å². The number of carbonyl (C=O) groups is 1. The lowest BCUT2D eigenvalue weighted by atomic mass is 9.88. The fourth-order valence-electron chi connectivity index (χ4n) is 5.02. The third kappa shape index (κ3) is 6.64. The van der Waals surface area contributed by atoms with Crippen LogP contribution in [0.1, 0.15) is 50.3 Å². The van der Waals surface area contributed by atoms with Gasteiger partial charge < -0.3 is 19.5 Å². The molecule has 0 saturated heterocycles. The normalized spacial score (nSPS) is 19.1. The fraction of sp³-hybridized carbons (Fsp3) is 0.419. The Bertz CT molecular complexity index is 1280. The van der Waals surface area contributed by atoms with Gasteiger partial charge in [0.25, 0.3) is 0 Å². The van der Waals surface area contributed by atoms with E-state index < -0.39 is 0 Å². The van der Waals surface area contributed by atoms with Crippen LogP contribution in [0.15, 0.2) is 60.8 Å². The van der Waals surface area contributed by atoms with E-state index in [4.69, 9.17) is 14.2 Å². The number of benzene rings is 2. The molecule has 200 valence electrons. The summed E-state index contributed by atoms with van der Waals surface area (Å²) in [6, 6.07) is 17.8. The summed E-state index contributed by atoms with van der Waals surface area (Å²) in [4.78, 5) is 19.7. The van der Waals surface area contributed by atoms with Gasteiger partial charge in [-0.05, 0) is 67.1 Å². The molecule has 5 rings (SSSR count). The van der Waals surface area contributed by atoms with Gasteiger partial charge in [-0.15, -0.1) is 0 Å². The van der Waals surface area contributed by atoms with Crippen LogP contribution in [0, 0.1) is 5.41 Å². The highest BCUT2D eigenvalue weighted by Gasteiger charge is 2.23. The first-order valence-electron chi connectivity index (χ1n) is 13.5. The molecule has 0 saturated carbocycles. The average molecular weight is 516 g/mol. The summed E-state index contributed by atoms with van der Waals surface area (Å²) in [6.07, 6.45) is 4.77. The maximum atomic E-state index is 13.1. The second-order valence-corrected chi connectivity index (χ2v) is 11.1. The Morgan fingerprint density at radius 3 is 2.79 bits per heavy atom. The van der Waals surface area contributed by atoms with Gasteiger partial charge in [0.05, 0.1) is 13.2 Å². The molecule has 2 aliphatic rings. The molecule has 7 nitrogen and oxygen atoms in total. The summed E-state index contributed by atoms with van der Waals surface area (Å²) in [5.74, 6) is 2.83. The van der Waals surface area contributed by atoms with Gasteiger partial charge in [0.2, 0.25) is 11.8 Å². The summed E-state index contributed by atoms with van der Waals surface area (Å²) in [5.41, 5.74) is 3.21. The van der Waals surface area contributed by atoms with Gasteiger partial charge in [-0.25, -0.2) is 4.98 Å². The molecular formula is C31H37N3O4. The lowest BCUT2D eigenvalue weighted by molar-refractivity contribution is -0.122. The largest absolute Gasteiger partial charge is 0.490 e. The summed E-state index contributed by atoms with van der Waals surface area (Å²) in [5, 5.41) is 3.11. The summed E-state index contributed by atoms with van der Waals surface area (Å²) in [7, 11) is 0. The van der Waals surface area contributed by atoms with E-state index in [2.05, 4.69) is 42.0 Å². The highest BCUT2D eigenvalue weighted by Crippen LogP contribution is 2.35. The van der Waals surface area contributed by atoms with E-state index in [1.165, 1.54) is 5.56 Å². The number of nitrogens with one attached hydrogen (secondary N) is 1. The molecule has 1 atom stereocenters. The first-order chi connectivity index (χ1) is 18.3. The van der Waals surface area contributed by atoms with Crippen LogP contribution >= 0.6 is 0 Å². The van der Waals surface area contributed by atoms with Gasteiger partial charge in [0.1, 0.15) is 11.9 Å². The zero-order chi connectivity index (χ0) is 26.5. The van der Waals surface area contributed by atoms with Crippen molar-refractivity contribution in [2.24, 2.45) is 5.41 Å². The number of rotatable bonds is 4. The lowest BCUT2D eigenvalue weighted by Crippen LogP contribution is -2.37.